The van der Waals surface area contributed by atoms with Gasteiger partial charge >= 0.3 is 6.03 Å². The maximum atomic E-state index is 13.1. The van der Waals surface area contributed by atoms with Gasteiger partial charge in [-0.1, -0.05) is 31.2 Å². The molecule has 5 nitrogen and oxygen atoms in total. The van der Waals surface area contributed by atoms with Crippen LogP contribution in [0.1, 0.15) is 43.5 Å². The van der Waals surface area contributed by atoms with Gasteiger partial charge in [-0.15, -0.1) is 0 Å². The van der Waals surface area contributed by atoms with Crippen molar-refractivity contribution >= 4 is 17.4 Å². The van der Waals surface area contributed by atoms with Crippen LogP contribution in [-0.2, 0) is 12.0 Å². The van der Waals surface area contributed by atoms with Crippen molar-refractivity contribution in [2.75, 3.05) is 29.9 Å². The average molecular weight is 429 g/mol. The van der Waals surface area contributed by atoms with Gasteiger partial charge < -0.3 is 19.7 Å². The number of piperidine rings is 1. The van der Waals surface area contributed by atoms with E-state index in [1.54, 1.807) is 0 Å². The van der Waals surface area contributed by atoms with E-state index < -0.39 is 0 Å². The summed E-state index contributed by atoms with van der Waals surface area (Å²) in [6.07, 6.45) is 4.92. The van der Waals surface area contributed by atoms with Crippen LogP contribution in [0, 0.1) is 6.92 Å². The van der Waals surface area contributed by atoms with Crippen molar-refractivity contribution in [3.05, 3.63) is 77.6 Å². The molecule has 1 spiro atoms. The molecule has 2 aromatic carbocycles. The van der Waals surface area contributed by atoms with Crippen molar-refractivity contribution in [3.8, 4) is 5.69 Å². The molecular weight excluding hydrogens is 396 g/mol. The van der Waals surface area contributed by atoms with Crippen molar-refractivity contribution in [2.45, 2.75) is 45.6 Å². The number of para-hydroxylation sites is 1. The van der Waals surface area contributed by atoms with E-state index >= 15 is 0 Å². The summed E-state index contributed by atoms with van der Waals surface area (Å²) >= 11 is 0. The van der Waals surface area contributed by atoms with Crippen LogP contribution in [0.3, 0.4) is 0 Å². The minimum atomic E-state index is -0.0862. The fourth-order valence-electron chi connectivity index (χ4n) is 5.62. The maximum Gasteiger partial charge on any atom is 0.321 e. The number of hydrogen-bond acceptors (Lipinski definition) is 2. The quantitative estimate of drug-likeness (QED) is 0.580. The highest BCUT2D eigenvalue weighted by atomic mass is 16.2. The van der Waals surface area contributed by atoms with Gasteiger partial charge in [0.1, 0.15) is 0 Å². The number of carbonyl (C=O) groups excluding carboxylic acids is 1. The SMILES string of the molecule is CCc1ccccc1NC(=O)N1CCC2(CC1)c1cccn1-c1ccc(C)cc1N2CC. The summed E-state index contributed by atoms with van der Waals surface area (Å²) in [5.41, 5.74) is 7.17. The number of amides is 2. The molecule has 0 bridgehead atoms. The Bertz CT molecular complexity index is 1140. The summed E-state index contributed by atoms with van der Waals surface area (Å²) < 4.78 is 2.36. The van der Waals surface area contributed by atoms with Crippen LogP contribution in [0.2, 0.25) is 0 Å². The summed E-state index contributed by atoms with van der Waals surface area (Å²) in [5.74, 6) is 0. The third-order valence-corrected chi connectivity index (χ3v) is 7.26. The Labute approximate surface area is 190 Å². The predicted octanol–water partition coefficient (Wildman–Crippen LogP) is 5.71. The minimum Gasteiger partial charge on any atom is -0.359 e. The van der Waals surface area contributed by atoms with Gasteiger partial charge in [0.15, 0.2) is 0 Å². The molecule has 1 saturated heterocycles. The lowest BCUT2D eigenvalue weighted by Crippen LogP contribution is -2.57. The standard InChI is InChI=1S/C27H32N4O/c1-4-21-9-6-7-10-22(21)28-26(32)29-17-14-27(15-18-29)25-11-8-16-30(25)23-13-12-20(3)19-24(23)31(27)5-2/h6-13,16,19H,4-5,14-15,17-18H2,1-3H3,(H,28,32). The molecule has 0 radical (unpaired) electrons. The third kappa shape index (κ3) is 3.19. The summed E-state index contributed by atoms with van der Waals surface area (Å²) in [6, 6.07) is 19.2. The number of hydrogen-bond donors (Lipinski definition) is 1. The number of aromatic nitrogens is 1. The highest BCUT2D eigenvalue weighted by Crippen LogP contribution is 2.48. The van der Waals surface area contributed by atoms with Crippen LogP contribution >= 0.6 is 0 Å². The second-order valence-corrected chi connectivity index (χ2v) is 8.96. The van der Waals surface area contributed by atoms with Gasteiger partial charge in [-0.2, -0.15) is 0 Å². The zero-order chi connectivity index (χ0) is 22.3. The molecule has 166 valence electrons. The second kappa shape index (κ2) is 8.05. The number of carbonyl (C=O) groups is 1. The van der Waals surface area contributed by atoms with E-state index in [1.807, 2.05) is 23.1 Å². The Kier molecular flexibility index (Phi) is 5.20. The first-order valence-corrected chi connectivity index (χ1v) is 11.8. The summed E-state index contributed by atoms with van der Waals surface area (Å²) in [4.78, 5) is 17.6. The molecular formula is C27H32N4O. The molecule has 2 aliphatic rings. The van der Waals surface area contributed by atoms with E-state index in [0.717, 1.165) is 44.6 Å². The summed E-state index contributed by atoms with van der Waals surface area (Å²) in [6.45, 7) is 8.94. The molecule has 1 fully saturated rings. The Hall–Kier alpha value is -3.21. The van der Waals surface area contributed by atoms with E-state index in [4.69, 9.17) is 0 Å². The van der Waals surface area contributed by atoms with Gasteiger partial charge in [-0.25, -0.2) is 4.79 Å². The van der Waals surface area contributed by atoms with Gasteiger partial charge in [0.05, 0.1) is 16.9 Å². The Balaban J connectivity index is 1.41. The van der Waals surface area contributed by atoms with Crippen LogP contribution in [0.15, 0.2) is 60.8 Å². The molecule has 0 unspecified atom stereocenters. The maximum absolute atomic E-state index is 13.1. The van der Waals surface area contributed by atoms with E-state index in [-0.39, 0.29) is 11.6 Å². The Morgan fingerprint density at radius 2 is 1.78 bits per heavy atom. The van der Waals surface area contributed by atoms with Gasteiger partial charge in [0.25, 0.3) is 0 Å². The van der Waals surface area contributed by atoms with Gasteiger partial charge in [0, 0.05) is 37.2 Å². The molecule has 5 heteroatoms. The molecule has 5 rings (SSSR count). The molecule has 0 saturated carbocycles. The lowest BCUT2D eigenvalue weighted by Gasteiger charge is -2.53. The van der Waals surface area contributed by atoms with Gasteiger partial charge in [-0.3, -0.25) is 0 Å². The fourth-order valence-corrected chi connectivity index (χ4v) is 5.62. The minimum absolute atomic E-state index is 0.00577. The number of rotatable bonds is 3. The summed E-state index contributed by atoms with van der Waals surface area (Å²) in [5, 5.41) is 3.15. The largest absolute Gasteiger partial charge is 0.359 e. The molecule has 2 amide bonds. The van der Waals surface area contributed by atoms with Crippen molar-refractivity contribution < 1.29 is 4.79 Å². The Morgan fingerprint density at radius 1 is 1.00 bits per heavy atom. The topological polar surface area (TPSA) is 40.5 Å². The lowest BCUT2D eigenvalue weighted by atomic mass is 9.80. The number of nitrogens with one attached hydrogen (secondary N) is 1. The monoisotopic (exact) mass is 428 g/mol. The van der Waals surface area contributed by atoms with E-state index in [9.17, 15) is 4.79 Å². The van der Waals surface area contributed by atoms with Crippen LogP contribution in [-0.4, -0.2) is 35.1 Å². The van der Waals surface area contributed by atoms with Crippen molar-refractivity contribution in [1.29, 1.82) is 0 Å². The highest BCUT2D eigenvalue weighted by molar-refractivity contribution is 5.90. The van der Waals surface area contributed by atoms with Crippen molar-refractivity contribution in [3.63, 3.8) is 0 Å². The number of anilines is 2. The van der Waals surface area contributed by atoms with E-state index in [2.05, 4.69) is 78.2 Å². The second-order valence-electron chi connectivity index (χ2n) is 8.96. The predicted molar refractivity (Wildman–Crippen MR) is 131 cm³/mol. The number of nitrogens with zero attached hydrogens (tertiary/aromatic N) is 3. The molecule has 32 heavy (non-hydrogen) atoms. The number of benzene rings is 2. The molecule has 1 aromatic heterocycles. The van der Waals surface area contributed by atoms with Crippen molar-refractivity contribution in [2.24, 2.45) is 0 Å². The van der Waals surface area contributed by atoms with Crippen molar-refractivity contribution in [1.82, 2.24) is 9.47 Å². The van der Waals surface area contributed by atoms with Crippen LogP contribution in [0.25, 0.3) is 5.69 Å². The van der Waals surface area contributed by atoms with Crippen LogP contribution < -0.4 is 10.2 Å². The molecule has 2 aliphatic heterocycles. The molecule has 3 heterocycles. The van der Waals surface area contributed by atoms with E-state index in [1.165, 1.54) is 28.2 Å². The number of fused-ring (bicyclic) bond motifs is 4. The molecule has 3 aromatic rings. The lowest BCUT2D eigenvalue weighted by molar-refractivity contribution is 0.160. The zero-order valence-corrected chi connectivity index (χ0v) is 19.3. The van der Waals surface area contributed by atoms with Gasteiger partial charge in [-0.05, 0) is 74.6 Å². The number of urea groups is 1. The number of likely N-dealkylation sites (tertiary alicyclic amines) is 1. The smallest absolute Gasteiger partial charge is 0.321 e. The van der Waals surface area contributed by atoms with Crippen LogP contribution in [0.4, 0.5) is 16.2 Å². The zero-order valence-electron chi connectivity index (χ0n) is 19.3. The Morgan fingerprint density at radius 3 is 2.53 bits per heavy atom. The van der Waals surface area contributed by atoms with Crippen LogP contribution in [0.5, 0.6) is 0 Å². The van der Waals surface area contributed by atoms with Gasteiger partial charge in [0.2, 0.25) is 0 Å². The first kappa shape index (κ1) is 20.7. The number of aryl methyl sites for hydroxylation is 2. The fraction of sp³-hybridized carbons (Fsp3) is 0.370. The first-order chi connectivity index (χ1) is 15.6. The molecule has 0 atom stereocenters. The normalized spacial score (nSPS) is 16.6. The highest BCUT2D eigenvalue weighted by Gasteiger charge is 2.46. The third-order valence-electron chi connectivity index (χ3n) is 7.26. The molecule has 1 N–H and O–H groups in total. The molecule has 0 aliphatic carbocycles. The average Bonchev–Trinajstić information content (AvgIpc) is 3.31. The van der Waals surface area contributed by atoms with E-state index in [0.29, 0.717) is 0 Å². The summed E-state index contributed by atoms with van der Waals surface area (Å²) in [7, 11) is 0. The first-order valence-electron chi connectivity index (χ1n) is 11.8.